The van der Waals surface area contributed by atoms with E-state index >= 15 is 0 Å². The van der Waals surface area contributed by atoms with Crippen molar-refractivity contribution in [3.05, 3.63) is 62.6 Å². The van der Waals surface area contributed by atoms with E-state index in [1.165, 1.54) is 11.1 Å². The Morgan fingerprint density at radius 2 is 1.89 bits per heavy atom. The highest BCUT2D eigenvalue weighted by Crippen LogP contribution is 2.37. The lowest BCUT2D eigenvalue weighted by Gasteiger charge is -2.14. The van der Waals surface area contributed by atoms with Crippen molar-refractivity contribution in [3.63, 3.8) is 0 Å². The number of rotatable bonds is 3. The Hall–Kier alpha value is -0.510. The lowest BCUT2D eigenvalue weighted by Crippen LogP contribution is -1.95. The van der Waals surface area contributed by atoms with Crippen LogP contribution in [0, 0.1) is 6.92 Å². The summed E-state index contributed by atoms with van der Waals surface area (Å²) in [5, 5.41) is 0.696. The molecule has 0 aliphatic rings. The number of benzene rings is 2. The highest BCUT2D eigenvalue weighted by molar-refractivity contribution is 9.10. The molecule has 4 heteroatoms. The Balaban J connectivity index is 2.38. The number of methoxy groups -OCH3 is 1. The first kappa shape index (κ1) is 14.9. The number of halogens is 3. The van der Waals surface area contributed by atoms with Crippen LogP contribution in [0.1, 0.15) is 21.5 Å². The van der Waals surface area contributed by atoms with Gasteiger partial charge in [0.2, 0.25) is 0 Å². The number of alkyl halides is 1. The van der Waals surface area contributed by atoms with E-state index in [4.69, 9.17) is 16.3 Å². The highest BCUT2D eigenvalue weighted by atomic mass is 79.9. The van der Waals surface area contributed by atoms with Crippen LogP contribution < -0.4 is 4.74 Å². The van der Waals surface area contributed by atoms with Crippen LogP contribution in [-0.2, 0) is 0 Å². The molecule has 0 saturated carbocycles. The first-order valence-corrected chi connectivity index (χ1v) is 7.85. The highest BCUT2D eigenvalue weighted by Gasteiger charge is 2.15. The molecule has 2 aromatic rings. The van der Waals surface area contributed by atoms with E-state index < -0.39 is 0 Å². The molecule has 0 N–H and O–H groups in total. The topological polar surface area (TPSA) is 9.23 Å². The maximum Gasteiger partial charge on any atom is 0.120 e. The molecule has 2 rings (SSSR count). The molecule has 1 unspecified atom stereocenters. The van der Waals surface area contributed by atoms with E-state index in [-0.39, 0.29) is 4.83 Å². The second-order valence-corrected chi connectivity index (χ2v) is 6.44. The molecule has 2 aromatic carbocycles. The molecule has 19 heavy (non-hydrogen) atoms. The van der Waals surface area contributed by atoms with Gasteiger partial charge < -0.3 is 4.74 Å². The van der Waals surface area contributed by atoms with Gasteiger partial charge in [-0.15, -0.1) is 0 Å². The molecule has 0 heterocycles. The van der Waals surface area contributed by atoms with Crippen molar-refractivity contribution in [2.24, 2.45) is 0 Å². The summed E-state index contributed by atoms with van der Waals surface area (Å²) in [4.78, 5) is 0.0673. The average Bonchev–Trinajstić information content (AvgIpc) is 2.41. The van der Waals surface area contributed by atoms with E-state index in [2.05, 4.69) is 57.0 Å². The Morgan fingerprint density at radius 1 is 1.16 bits per heavy atom. The third kappa shape index (κ3) is 3.33. The van der Waals surface area contributed by atoms with Gasteiger partial charge in [-0.2, -0.15) is 0 Å². The maximum atomic E-state index is 6.30. The lowest BCUT2D eigenvalue weighted by atomic mass is 10.0. The van der Waals surface area contributed by atoms with Gasteiger partial charge in [-0.25, -0.2) is 0 Å². The van der Waals surface area contributed by atoms with Crippen LogP contribution in [0.4, 0.5) is 0 Å². The minimum absolute atomic E-state index is 0.0673. The summed E-state index contributed by atoms with van der Waals surface area (Å²) in [7, 11) is 1.63. The summed E-state index contributed by atoms with van der Waals surface area (Å²) in [6.07, 6.45) is 0. The second kappa shape index (κ2) is 6.29. The molecule has 0 radical (unpaired) electrons. The van der Waals surface area contributed by atoms with Crippen LogP contribution in [0.25, 0.3) is 0 Å². The molecule has 0 spiro atoms. The summed E-state index contributed by atoms with van der Waals surface area (Å²) in [6, 6.07) is 12.0. The molecule has 0 fully saturated rings. The Labute approximate surface area is 135 Å². The first-order valence-electron chi connectivity index (χ1n) is 5.76. The summed E-state index contributed by atoms with van der Waals surface area (Å²) in [5.74, 6) is 0.764. The maximum absolute atomic E-state index is 6.30. The van der Waals surface area contributed by atoms with Crippen LogP contribution in [0.3, 0.4) is 0 Å². The van der Waals surface area contributed by atoms with Crippen LogP contribution >= 0.6 is 43.5 Å². The van der Waals surface area contributed by atoms with Crippen molar-refractivity contribution in [1.29, 1.82) is 0 Å². The number of ether oxygens (including phenoxy) is 1. The summed E-state index contributed by atoms with van der Waals surface area (Å²) >= 11 is 13.5. The molecule has 100 valence electrons. The number of hydrogen-bond donors (Lipinski definition) is 0. The van der Waals surface area contributed by atoms with Crippen LogP contribution in [0.15, 0.2) is 40.9 Å². The SMILES string of the molecule is COc1ccc(C(Br)c2ccc(Br)c(C)c2)c(Cl)c1. The van der Waals surface area contributed by atoms with Gasteiger partial charge in [-0.1, -0.05) is 61.7 Å². The van der Waals surface area contributed by atoms with Gasteiger partial charge in [0.25, 0.3) is 0 Å². The van der Waals surface area contributed by atoms with Crippen molar-refractivity contribution >= 4 is 43.5 Å². The molecule has 1 atom stereocenters. The van der Waals surface area contributed by atoms with Crippen molar-refractivity contribution in [3.8, 4) is 5.75 Å². The van der Waals surface area contributed by atoms with Gasteiger partial charge in [0.15, 0.2) is 0 Å². The monoisotopic (exact) mass is 402 g/mol. The fraction of sp³-hybridized carbons (Fsp3) is 0.200. The molecule has 0 aliphatic carbocycles. The zero-order chi connectivity index (χ0) is 14.0. The molecule has 1 nitrogen and oxygen atoms in total. The summed E-state index contributed by atoms with van der Waals surface area (Å²) in [5.41, 5.74) is 3.41. The average molecular weight is 405 g/mol. The van der Waals surface area contributed by atoms with E-state index in [9.17, 15) is 0 Å². The minimum atomic E-state index is 0.0673. The standard InChI is InChI=1S/C15H13Br2ClO/c1-9-7-10(3-6-13(9)16)15(17)12-5-4-11(19-2)8-14(12)18/h3-8,15H,1-2H3. The van der Waals surface area contributed by atoms with Crippen LogP contribution in [-0.4, -0.2) is 7.11 Å². The van der Waals surface area contributed by atoms with Crippen molar-refractivity contribution in [2.45, 2.75) is 11.8 Å². The van der Waals surface area contributed by atoms with Gasteiger partial charge in [-0.05, 0) is 41.8 Å². The van der Waals surface area contributed by atoms with Gasteiger partial charge in [0, 0.05) is 9.50 Å². The molecule has 0 aromatic heterocycles. The van der Waals surface area contributed by atoms with Gasteiger partial charge in [0.1, 0.15) is 5.75 Å². The predicted molar refractivity (Wildman–Crippen MR) is 87.7 cm³/mol. The van der Waals surface area contributed by atoms with Gasteiger partial charge in [0.05, 0.1) is 11.9 Å². The van der Waals surface area contributed by atoms with E-state index in [0.717, 1.165) is 15.8 Å². The van der Waals surface area contributed by atoms with E-state index in [1.54, 1.807) is 7.11 Å². The third-order valence-electron chi connectivity index (χ3n) is 2.96. The molecule has 0 aliphatic heterocycles. The Kier molecular flexibility index (Phi) is 4.93. The first-order chi connectivity index (χ1) is 9.02. The summed E-state index contributed by atoms with van der Waals surface area (Å²) in [6.45, 7) is 2.07. The molecular formula is C15H13Br2ClO. The third-order valence-corrected chi connectivity index (χ3v) is 5.19. The molecular weight excluding hydrogens is 391 g/mol. The molecule has 0 bridgehead atoms. The zero-order valence-electron chi connectivity index (χ0n) is 10.6. The Morgan fingerprint density at radius 3 is 2.47 bits per heavy atom. The van der Waals surface area contributed by atoms with Crippen molar-refractivity contribution in [1.82, 2.24) is 0 Å². The summed E-state index contributed by atoms with van der Waals surface area (Å²) < 4.78 is 6.27. The minimum Gasteiger partial charge on any atom is -0.497 e. The Bertz CT molecular complexity index is 599. The van der Waals surface area contributed by atoms with E-state index in [0.29, 0.717) is 5.02 Å². The van der Waals surface area contributed by atoms with E-state index in [1.807, 2.05) is 18.2 Å². The zero-order valence-corrected chi connectivity index (χ0v) is 14.5. The lowest BCUT2D eigenvalue weighted by molar-refractivity contribution is 0.414. The number of aryl methyl sites for hydroxylation is 1. The van der Waals surface area contributed by atoms with Crippen LogP contribution in [0.5, 0.6) is 5.75 Å². The number of hydrogen-bond acceptors (Lipinski definition) is 1. The quantitative estimate of drug-likeness (QED) is 0.579. The normalized spacial score (nSPS) is 12.3. The van der Waals surface area contributed by atoms with Gasteiger partial charge >= 0.3 is 0 Å². The fourth-order valence-electron chi connectivity index (χ4n) is 1.85. The second-order valence-electron chi connectivity index (χ2n) is 4.26. The van der Waals surface area contributed by atoms with Crippen molar-refractivity contribution in [2.75, 3.05) is 7.11 Å². The molecule has 0 amide bonds. The largest absolute Gasteiger partial charge is 0.497 e. The smallest absolute Gasteiger partial charge is 0.120 e. The molecule has 0 saturated heterocycles. The van der Waals surface area contributed by atoms with Gasteiger partial charge in [-0.3, -0.25) is 0 Å². The fourth-order valence-corrected chi connectivity index (χ4v) is 3.19. The van der Waals surface area contributed by atoms with Crippen molar-refractivity contribution < 1.29 is 4.74 Å². The van der Waals surface area contributed by atoms with Crippen LogP contribution in [0.2, 0.25) is 5.02 Å². The predicted octanol–water partition coefficient (Wildman–Crippen LogP) is 5.90.